The standard InChI is InChI=1S/C8H5BrF2N2O/c9-7-12-4-2-1-3-5(6(4)13-7)14-8(10)11/h1-3,8H,(H,12,13). The van der Waals surface area contributed by atoms with E-state index in [0.29, 0.717) is 15.8 Å². The molecule has 0 saturated carbocycles. The molecular formula is C8H5BrF2N2O. The van der Waals surface area contributed by atoms with Crippen LogP contribution in [0.2, 0.25) is 0 Å². The van der Waals surface area contributed by atoms with Crippen molar-refractivity contribution in [2.75, 3.05) is 0 Å². The third-order valence-corrected chi connectivity index (χ3v) is 2.04. The highest BCUT2D eigenvalue weighted by Crippen LogP contribution is 2.26. The van der Waals surface area contributed by atoms with E-state index in [2.05, 4.69) is 30.6 Å². The zero-order chi connectivity index (χ0) is 10.1. The minimum Gasteiger partial charge on any atom is -0.432 e. The van der Waals surface area contributed by atoms with Crippen LogP contribution in [-0.2, 0) is 0 Å². The first kappa shape index (κ1) is 9.39. The van der Waals surface area contributed by atoms with E-state index in [1.807, 2.05) is 0 Å². The van der Waals surface area contributed by atoms with Crippen LogP contribution in [0, 0.1) is 0 Å². The zero-order valence-electron chi connectivity index (χ0n) is 6.80. The van der Waals surface area contributed by atoms with Gasteiger partial charge in [0.25, 0.3) is 0 Å². The SMILES string of the molecule is FC(F)Oc1cccc2[nH]c(Br)nc12. The molecule has 0 atom stereocenters. The van der Waals surface area contributed by atoms with Gasteiger partial charge in [0.05, 0.1) is 5.52 Å². The van der Waals surface area contributed by atoms with Crippen molar-refractivity contribution in [3.8, 4) is 5.75 Å². The Balaban J connectivity index is 2.53. The third-order valence-electron chi connectivity index (χ3n) is 1.66. The number of hydrogen-bond donors (Lipinski definition) is 1. The Kier molecular flexibility index (Phi) is 2.37. The lowest BCUT2D eigenvalue weighted by Gasteiger charge is -2.03. The Morgan fingerprint density at radius 3 is 2.93 bits per heavy atom. The molecule has 6 heteroatoms. The van der Waals surface area contributed by atoms with Gasteiger partial charge in [-0.25, -0.2) is 4.98 Å². The second-order valence-electron chi connectivity index (χ2n) is 2.56. The average molecular weight is 263 g/mol. The molecule has 14 heavy (non-hydrogen) atoms. The molecular weight excluding hydrogens is 258 g/mol. The Labute approximate surface area is 86.2 Å². The first-order valence-electron chi connectivity index (χ1n) is 3.76. The van der Waals surface area contributed by atoms with Crippen LogP contribution in [-0.4, -0.2) is 16.6 Å². The molecule has 1 N–H and O–H groups in total. The van der Waals surface area contributed by atoms with Gasteiger partial charge in [-0.1, -0.05) is 6.07 Å². The molecule has 0 saturated heterocycles. The van der Waals surface area contributed by atoms with Crippen LogP contribution in [0.3, 0.4) is 0 Å². The second-order valence-corrected chi connectivity index (χ2v) is 3.31. The predicted molar refractivity (Wildman–Crippen MR) is 50.4 cm³/mol. The van der Waals surface area contributed by atoms with Gasteiger partial charge in [0, 0.05) is 0 Å². The van der Waals surface area contributed by atoms with Crippen molar-refractivity contribution in [3.63, 3.8) is 0 Å². The number of nitrogens with one attached hydrogen (secondary N) is 1. The summed E-state index contributed by atoms with van der Waals surface area (Å²) < 4.78 is 28.8. The highest BCUT2D eigenvalue weighted by molar-refractivity contribution is 9.10. The number of aromatic amines is 1. The molecule has 2 aromatic rings. The molecule has 0 aliphatic carbocycles. The Hall–Kier alpha value is -1.17. The van der Waals surface area contributed by atoms with Crippen LogP contribution in [0.5, 0.6) is 5.75 Å². The molecule has 74 valence electrons. The number of para-hydroxylation sites is 1. The van der Waals surface area contributed by atoms with Gasteiger partial charge >= 0.3 is 6.61 Å². The summed E-state index contributed by atoms with van der Waals surface area (Å²) in [5, 5.41) is 0. The third kappa shape index (κ3) is 1.70. The van der Waals surface area contributed by atoms with Gasteiger partial charge in [0.15, 0.2) is 10.5 Å². The van der Waals surface area contributed by atoms with E-state index in [4.69, 9.17) is 0 Å². The van der Waals surface area contributed by atoms with Gasteiger partial charge in [-0.15, -0.1) is 0 Å². The Morgan fingerprint density at radius 2 is 2.21 bits per heavy atom. The molecule has 0 spiro atoms. The fourth-order valence-corrected chi connectivity index (χ4v) is 1.56. The predicted octanol–water partition coefficient (Wildman–Crippen LogP) is 2.93. The Morgan fingerprint density at radius 1 is 1.43 bits per heavy atom. The lowest BCUT2D eigenvalue weighted by molar-refractivity contribution is -0.0489. The fraction of sp³-hybridized carbons (Fsp3) is 0.125. The minimum absolute atomic E-state index is 0.0689. The van der Waals surface area contributed by atoms with Crippen molar-refractivity contribution >= 4 is 27.0 Å². The minimum atomic E-state index is -2.84. The van der Waals surface area contributed by atoms with Gasteiger partial charge in [0.2, 0.25) is 0 Å². The molecule has 0 bridgehead atoms. The number of fused-ring (bicyclic) bond motifs is 1. The van der Waals surface area contributed by atoms with E-state index in [1.54, 1.807) is 12.1 Å². The first-order valence-corrected chi connectivity index (χ1v) is 4.55. The number of hydrogen-bond acceptors (Lipinski definition) is 2. The molecule has 1 aromatic carbocycles. The molecule has 3 nitrogen and oxygen atoms in total. The van der Waals surface area contributed by atoms with Crippen LogP contribution < -0.4 is 4.74 Å². The maximum Gasteiger partial charge on any atom is 0.387 e. The van der Waals surface area contributed by atoms with Crippen molar-refractivity contribution in [3.05, 3.63) is 22.9 Å². The first-order chi connectivity index (χ1) is 6.66. The molecule has 0 fully saturated rings. The average Bonchev–Trinajstić information content (AvgIpc) is 2.45. The van der Waals surface area contributed by atoms with Gasteiger partial charge in [-0.05, 0) is 28.1 Å². The number of ether oxygens (including phenoxy) is 1. The number of aromatic nitrogens is 2. The topological polar surface area (TPSA) is 37.9 Å². The molecule has 0 unspecified atom stereocenters. The van der Waals surface area contributed by atoms with Crippen LogP contribution in [0.4, 0.5) is 8.78 Å². The molecule has 1 heterocycles. The van der Waals surface area contributed by atoms with Crippen LogP contribution in [0.15, 0.2) is 22.9 Å². The van der Waals surface area contributed by atoms with Crippen LogP contribution in [0.1, 0.15) is 0 Å². The summed E-state index contributed by atoms with van der Waals surface area (Å²) in [4.78, 5) is 6.82. The molecule has 1 aromatic heterocycles. The fourth-order valence-electron chi connectivity index (χ4n) is 1.17. The lowest BCUT2D eigenvalue weighted by Crippen LogP contribution is -2.02. The summed E-state index contributed by atoms with van der Waals surface area (Å²) >= 11 is 3.12. The zero-order valence-corrected chi connectivity index (χ0v) is 8.38. The summed E-state index contributed by atoms with van der Waals surface area (Å²) in [7, 11) is 0. The van der Waals surface area contributed by atoms with Crippen molar-refractivity contribution in [1.82, 2.24) is 9.97 Å². The highest BCUT2D eigenvalue weighted by Gasteiger charge is 2.10. The number of imidazole rings is 1. The summed E-state index contributed by atoms with van der Waals surface area (Å²) in [6.45, 7) is -2.84. The maximum absolute atomic E-state index is 12.0. The smallest absolute Gasteiger partial charge is 0.387 e. The molecule has 0 aliphatic heterocycles. The number of nitrogens with zero attached hydrogens (tertiary/aromatic N) is 1. The Bertz CT molecular complexity index is 458. The van der Waals surface area contributed by atoms with Gasteiger partial charge in [-0.3, -0.25) is 0 Å². The van der Waals surface area contributed by atoms with E-state index in [9.17, 15) is 8.78 Å². The lowest BCUT2D eigenvalue weighted by atomic mass is 10.3. The number of H-pyrrole nitrogens is 1. The van der Waals surface area contributed by atoms with Crippen LogP contribution in [0.25, 0.3) is 11.0 Å². The molecule has 0 amide bonds. The largest absolute Gasteiger partial charge is 0.432 e. The van der Waals surface area contributed by atoms with E-state index >= 15 is 0 Å². The van der Waals surface area contributed by atoms with E-state index in [0.717, 1.165) is 0 Å². The summed E-state index contributed by atoms with van der Waals surface area (Å²) in [6, 6.07) is 4.79. The monoisotopic (exact) mass is 262 g/mol. The van der Waals surface area contributed by atoms with E-state index in [1.165, 1.54) is 6.07 Å². The normalized spacial score (nSPS) is 11.1. The summed E-state index contributed by atoms with van der Waals surface area (Å²) in [6.07, 6.45) is 0. The van der Waals surface area contributed by atoms with Gasteiger partial charge in [-0.2, -0.15) is 8.78 Å². The second kappa shape index (κ2) is 3.53. The molecule has 0 aliphatic rings. The van der Waals surface area contributed by atoms with E-state index < -0.39 is 6.61 Å². The number of rotatable bonds is 2. The number of benzene rings is 1. The maximum atomic E-state index is 12.0. The number of halogens is 3. The quantitative estimate of drug-likeness (QED) is 0.904. The molecule has 0 radical (unpaired) electrons. The van der Waals surface area contributed by atoms with Crippen molar-refractivity contribution in [2.45, 2.75) is 6.61 Å². The van der Waals surface area contributed by atoms with Crippen LogP contribution >= 0.6 is 15.9 Å². The highest BCUT2D eigenvalue weighted by atomic mass is 79.9. The summed E-state index contributed by atoms with van der Waals surface area (Å²) in [5.41, 5.74) is 1.04. The van der Waals surface area contributed by atoms with Gasteiger partial charge < -0.3 is 9.72 Å². The van der Waals surface area contributed by atoms with Crippen molar-refractivity contribution < 1.29 is 13.5 Å². The molecule has 2 rings (SSSR count). The van der Waals surface area contributed by atoms with E-state index in [-0.39, 0.29) is 5.75 Å². The van der Waals surface area contributed by atoms with Crippen molar-refractivity contribution in [1.29, 1.82) is 0 Å². The van der Waals surface area contributed by atoms with Crippen molar-refractivity contribution in [2.24, 2.45) is 0 Å². The summed E-state index contributed by atoms with van der Waals surface area (Å²) in [5.74, 6) is 0.0689. The van der Waals surface area contributed by atoms with Gasteiger partial charge in [0.1, 0.15) is 5.52 Å². The number of alkyl halides is 2.